The number of aliphatic hydroxyl groups is 2. The molecule has 0 spiro atoms. The molecule has 2 unspecified atom stereocenters. The summed E-state index contributed by atoms with van der Waals surface area (Å²) in [6.07, 6.45) is -1.55. The average Bonchev–Trinajstić information content (AvgIpc) is 3.59. The van der Waals surface area contributed by atoms with E-state index in [2.05, 4.69) is 65.3 Å². The maximum absolute atomic E-state index is 12.8. The second-order valence-corrected chi connectivity index (χ2v) is 16.2. The van der Waals surface area contributed by atoms with Gasteiger partial charge in [-0.05, 0) is 27.5 Å². The number of nitrogens with zero attached hydrogens (tertiary/aromatic N) is 4. The lowest BCUT2D eigenvalue weighted by atomic mass is 10.1. The van der Waals surface area contributed by atoms with Crippen molar-refractivity contribution in [3.8, 4) is 0 Å². The fraction of sp³-hybridized carbons (Fsp3) is 0.273. The van der Waals surface area contributed by atoms with Crippen LogP contribution in [-0.2, 0) is 9.16 Å². The van der Waals surface area contributed by atoms with Crippen LogP contribution in [0.2, 0.25) is 5.04 Å². The maximum Gasteiger partial charge on any atom is 0.261 e. The van der Waals surface area contributed by atoms with Gasteiger partial charge in [0.15, 0.2) is 23.2 Å². The van der Waals surface area contributed by atoms with E-state index in [0.29, 0.717) is 16.7 Å². The normalized spacial score (nSPS) is 20.6. The molecule has 5 aromatic rings. The summed E-state index contributed by atoms with van der Waals surface area (Å²) < 4.78 is 14.8. The second kappa shape index (κ2) is 12.0. The highest BCUT2D eigenvalue weighted by Crippen LogP contribution is 2.38. The van der Waals surface area contributed by atoms with Crippen molar-refractivity contribution in [3.05, 3.63) is 109 Å². The van der Waals surface area contributed by atoms with Gasteiger partial charge in [-0.3, -0.25) is 9.36 Å². The van der Waals surface area contributed by atoms with Gasteiger partial charge >= 0.3 is 0 Å². The Kier molecular flexibility index (Phi) is 8.14. The van der Waals surface area contributed by atoms with Gasteiger partial charge in [-0.25, -0.2) is 15.0 Å². The third-order valence-electron chi connectivity index (χ3n) is 8.12. The van der Waals surface area contributed by atoms with Crippen molar-refractivity contribution in [1.82, 2.24) is 19.5 Å². The average molecular weight is 610 g/mol. The zero-order chi connectivity index (χ0) is 30.9. The quantitative estimate of drug-likeness (QED) is 0.229. The van der Waals surface area contributed by atoms with E-state index in [1.807, 2.05) is 42.5 Å². The number of ether oxygens (including phenoxy) is 1. The largest absolute Gasteiger partial charge is 0.405 e. The first-order valence-electron chi connectivity index (χ1n) is 14.5. The van der Waals surface area contributed by atoms with Crippen LogP contribution < -0.4 is 15.7 Å². The topological polar surface area (TPSA) is 132 Å². The number of nitrogens with one attached hydrogen (secondary N) is 1. The molecule has 1 amide bonds. The Balaban J connectivity index is 1.27. The molecule has 0 saturated carbocycles. The lowest BCUT2D eigenvalue weighted by Gasteiger charge is -2.43. The summed E-state index contributed by atoms with van der Waals surface area (Å²) in [6, 6.07) is 29.2. The number of hydrogen-bond acceptors (Lipinski definition) is 8. The fourth-order valence-electron chi connectivity index (χ4n) is 5.96. The molecule has 226 valence electrons. The third-order valence-corrected chi connectivity index (χ3v) is 13.1. The molecule has 1 aliphatic heterocycles. The van der Waals surface area contributed by atoms with Crippen molar-refractivity contribution in [1.29, 1.82) is 0 Å². The number of carbonyl (C=O) groups is 1. The first-order valence-corrected chi connectivity index (χ1v) is 16.4. The number of aromatic nitrogens is 4. The Hall–Kier alpha value is -4.26. The minimum Gasteiger partial charge on any atom is -0.405 e. The van der Waals surface area contributed by atoms with Gasteiger partial charge in [0.1, 0.15) is 24.6 Å². The van der Waals surface area contributed by atoms with E-state index in [-0.39, 0.29) is 23.4 Å². The van der Waals surface area contributed by atoms with Gasteiger partial charge in [-0.15, -0.1) is 0 Å². The molecule has 3 heterocycles. The van der Waals surface area contributed by atoms with E-state index in [9.17, 15) is 15.0 Å². The van der Waals surface area contributed by atoms with Crippen molar-refractivity contribution in [2.24, 2.45) is 0 Å². The number of fused-ring (bicyclic) bond motifs is 1. The van der Waals surface area contributed by atoms with Crippen LogP contribution in [0.25, 0.3) is 11.2 Å². The molecule has 1 fully saturated rings. The standard InChI is InChI=1S/C33H35N5O5Si/c1-33(2,3)44(23-15-9-5-10-16-23,24-17-11-6-12-18-24)42-19-25-27(39)28(40)32(43-25)38-21-36-26-29(34-20-35-30(26)38)37-31(41)22-13-7-4-8-14-22/h4-18,20-21,25,27-28,32,39-40H,19H2,1-3H3,(H,34,35,37,41)/t25-,27?,28?,32-/m1/s1. The predicted molar refractivity (Wildman–Crippen MR) is 169 cm³/mol. The molecule has 10 nitrogen and oxygen atoms in total. The van der Waals surface area contributed by atoms with Gasteiger partial charge in [-0.2, -0.15) is 0 Å². The Labute approximate surface area is 256 Å². The molecule has 4 atom stereocenters. The number of hydrogen-bond donors (Lipinski definition) is 3. The highest BCUT2D eigenvalue weighted by atomic mass is 28.4. The van der Waals surface area contributed by atoms with Crippen LogP contribution in [-0.4, -0.2) is 68.9 Å². The Morgan fingerprint density at radius 2 is 1.48 bits per heavy atom. The third kappa shape index (κ3) is 5.33. The van der Waals surface area contributed by atoms with Gasteiger partial charge in [0.2, 0.25) is 0 Å². The van der Waals surface area contributed by atoms with E-state index in [4.69, 9.17) is 9.16 Å². The number of anilines is 1. The van der Waals surface area contributed by atoms with E-state index in [0.717, 1.165) is 10.4 Å². The summed E-state index contributed by atoms with van der Waals surface area (Å²) in [4.78, 5) is 25.8. The number of rotatable bonds is 8. The van der Waals surface area contributed by atoms with Gasteiger partial charge in [0.05, 0.1) is 12.9 Å². The summed E-state index contributed by atoms with van der Waals surface area (Å²) >= 11 is 0. The van der Waals surface area contributed by atoms with E-state index >= 15 is 0 Å². The number of benzene rings is 3. The van der Waals surface area contributed by atoms with E-state index in [1.54, 1.807) is 28.8 Å². The Bertz CT molecular complexity index is 1690. The van der Waals surface area contributed by atoms with Crippen molar-refractivity contribution in [2.45, 2.75) is 50.3 Å². The van der Waals surface area contributed by atoms with Crippen molar-refractivity contribution in [3.63, 3.8) is 0 Å². The first kappa shape index (κ1) is 29.8. The SMILES string of the molecule is CC(C)(C)[Si](OC[C@H]1O[C@@H](n2cnc3c(NC(=O)c4ccccc4)ncnc32)C(O)C1O)(c1ccccc1)c1ccccc1. The van der Waals surface area contributed by atoms with Crippen LogP contribution in [0.15, 0.2) is 104 Å². The molecular formula is C33H35N5O5Si. The van der Waals surface area contributed by atoms with Crippen LogP contribution in [0.3, 0.4) is 0 Å². The molecular weight excluding hydrogens is 574 g/mol. The van der Waals surface area contributed by atoms with Crippen LogP contribution >= 0.6 is 0 Å². The number of aliphatic hydroxyl groups excluding tert-OH is 2. The summed E-state index contributed by atoms with van der Waals surface area (Å²) in [5, 5.41) is 27.1. The van der Waals surface area contributed by atoms with Crippen LogP contribution in [0, 0.1) is 0 Å². The summed E-state index contributed by atoms with van der Waals surface area (Å²) in [5.74, 6) is -0.115. The summed E-state index contributed by atoms with van der Waals surface area (Å²) in [5.41, 5.74) is 1.14. The number of imidazole rings is 1. The molecule has 2 aromatic heterocycles. The highest BCUT2D eigenvalue weighted by Gasteiger charge is 2.52. The first-order chi connectivity index (χ1) is 21.2. The van der Waals surface area contributed by atoms with Gasteiger partial charge < -0.3 is 24.7 Å². The highest BCUT2D eigenvalue weighted by molar-refractivity contribution is 6.99. The lowest BCUT2D eigenvalue weighted by molar-refractivity contribution is -0.0486. The molecule has 3 N–H and O–H groups in total. The molecule has 1 saturated heterocycles. The van der Waals surface area contributed by atoms with Gasteiger partial charge in [0, 0.05) is 5.56 Å². The van der Waals surface area contributed by atoms with Crippen molar-refractivity contribution in [2.75, 3.05) is 11.9 Å². The second-order valence-electron chi connectivity index (χ2n) is 11.9. The molecule has 11 heteroatoms. The fourth-order valence-corrected chi connectivity index (χ4v) is 10.5. The minimum absolute atomic E-state index is 0.0575. The zero-order valence-corrected chi connectivity index (χ0v) is 25.7. The van der Waals surface area contributed by atoms with E-state index < -0.39 is 32.9 Å². The molecule has 3 aromatic carbocycles. The van der Waals surface area contributed by atoms with E-state index in [1.165, 1.54) is 12.7 Å². The van der Waals surface area contributed by atoms with Crippen LogP contribution in [0.5, 0.6) is 0 Å². The van der Waals surface area contributed by atoms with Gasteiger partial charge in [-0.1, -0.05) is 99.6 Å². The Morgan fingerprint density at radius 3 is 2.07 bits per heavy atom. The minimum atomic E-state index is -2.90. The lowest BCUT2D eigenvalue weighted by Crippen LogP contribution is -2.67. The van der Waals surface area contributed by atoms with Crippen LogP contribution in [0.1, 0.15) is 37.4 Å². The molecule has 1 aliphatic rings. The summed E-state index contributed by atoms with van der Waals surface area (Å²) in [7, 11) is -2.90. The predicted octanol–water partition coefficient (Wildman–Crippen LogP) is 3.27. The summed E-state index contributed by atoms with van der Waals surface area (Å²) in [6.45, 7) is 6.58. The molecule has 44 heavy (non-hydrogen) atoms. The van der Waals surface area contributed by atoms with Crippen molar-refractivity contribution >= 4 is 41.6 Å². The molecule has 0 aliphatic carbocycles. The molecule has 0 radical (unpaired) electrons. The number of carbonyl (C=O) groups excluding carboxylic acids is 1. The molecule has 0 bridgehead atoms. The van der Waals surface area contributed by atoms with Crippen LogP contribution in [0.4, 0.5) is 5.82 Å². The van der Waals surface area contributed by atoms with Crippen molar-refractivity contribution < 1.29 is 24.2 Å². The Morgan fingerprint density at radius 1 is 0.886 bits per heavy atom. The smallest absolute Gasteiger partial charge is 0.261 e. The van der Waals surface area contributed by atoms with Gasteiger partial charge in [0.25, 0.3) is 14.2 Å². The zero-order valence-electron chi connectivity index (χ0n) is 24.7. The number of amides is 1. The molecule has 6 rings (SSSR count). The monoisotopic (exact) mass is 609 g/mol. The maximum atomic E-state index is 12.8.